The van der Waals surface area contributed by atoms with E-state index in [1.807, 2.05) is 31.2 Å². The van der Waals surface area contributed by atoms with Crippen LogP contribution in [0.25, 0.3) is 0 Å². The van der Waals surface area contributed by atoms with Gasteiger partial charge in [0.1, 0.15) is 0 Å². The van der Waals surface area contributed by atoms with Gasteiger partial charge in [0.25, 0.3) is 0 Å². The lowest BCUT2D eigenvalue weighted by Gasteiger charge is -2.04. The first kappa shape index (κ1) is 12.0. The molecule has 0 bridgehead atoms. The van der Waals surface area contributed by atoms with Crippen LogP contribution in [0.15, 0.2) is 29.2 Å². The van der Waals surface area contributed by atoms with Crippen LogP contribution in [0, 0.1) is 11.3 Å². The van der Waals surface area contributed by atoms with Crippen molar-refractivity contribution < 1.29 is 4.74 Å². The van der Waals surface area contributed by atoms with Crippen LogP contribution in [0.4, 0.5) is 0 Å². The second kappa shape index (κ2) is 6.44. The smallest absolute Gasteiger partial charge is 0.224 e. The molecule has 0 heterocycles. The Balaban J connectivity index is 2.57. The summed E-state index contributed by atoms with van der Waals surface area (Å²) in [4.78, 5) is 1.04. The minimum Gasteiger partial charge on any atom is -0.479 e. The van der Waals surface area contributed by atoms with Gasteiger partial charge in [-0.2, -0.15) is 5.26 Å². The minimum absolute atomic E-state index is 0.445. The molecule has 0 saturated heterocycles. The Kier molecular flexibility index (Phi) is 5.16. The molecule has 0 fully saturated rings. The van der Waals surface area contributed by atoms with Gasteiger partial charge in [-0.15, -0.1) is 0 Å². The number of rotatable bonds is 3. The van der Waals surface area contributed by atoms with Crippen molar-refractivity contribution >= 4 is 28.4 Å². The maximum absolute atomic E-state index is 8.51. The summed E-state index contributed by atoms with van der Waals surface area (Å²) in [5, 5.41) is 8.51. The first-order valence-electron chi connectivity index (χ1n) is 4.56. The summed E-state index contributed by atoms with van der Waals surface area (Å²) < 4.78 is 5.70. The number of hydrogen-bond acceptors (Lipinski definition) is 4. The van der Waals surface area contributed by atoms with Gasteiger partial charge in [-0.05, 0) is 48.6 Å². The zero-order valence-electron chi connectivity index (χ0n) is 8.40. The third-order valence-electron chi connectivity index (χ3n) is 1.67. The second-order valence-electron chi connectivity index (χ2n) is 2.76. The lowest BCUT2D eigenvalue weighted by Crippen LogP contribution is -1.95. The summed E-state index contributed by atoms with van der Waals surface area (Å²) in [5.41, 5.74) is 1.02. The summed E-state index contributed by atoms with van der Waals surface area (Å²) in [6.07, 6.45) is 0.445. The highest BCUT2D eigenvalue weighted by Gasteiger charge is 2.00. The van der Waals surface area contributed by atoms with Crippen molar-refractivity contribution in [2.45, 2.75) is 18.2 Å². The summed E-state index contributed by atoms with van der Waals surface area (Å²) >= 11 is 6.43. The number of hydrogen-bond donors (Lipinski definition) is 0. The molecule has 15 heavy (non-hydrogen) atoms. The topological polar surface area (TPSA) is 33.0 Å². The fourth-order valence-electron chi connectivity index (χ4n) is 1.01. The van der Waals surface area contributed by atoms with Gasteiger partial charge in [0.2, 0.25) is 4.38 Å². The molecule has 0 spiro atoms. The zero-order chi connectivity index (χ0) is 11.1. The number of ether oxygens (including phenoxy) is 1. The summed E-state index contributed by atoms with van der Waals surface area (Å²) in [6, 6.07) is 9.86. The normalized spacial score (nSPS) is 9.33. The molecule has 0 amide bonds. The maximum Gasteiger partial charge on any atom is 0.224 e. The van der Waals surface area contributed by atoms with Gasteiger partial charge < -0.3 is 4.74 Å². The molecule has 0 aliphatic carbocycles. The van der Waals surface area contributed by atoms with E-state index < -0.39 is 0 Å². The molecule has 1 aromatic carbocycles. The van der Waals surface area contributed by atoms with E-state index in [9.17, 15) is 0 Å². The van der Waals surface area contributed by atoms with E-state index >= 15 is 0 Å². The maximum atomic E-state index is 8.51. The minimum atomic E-state index is 0.445. The SMILES string of the molecule is CCOC(=S)Sc1ccc(CC#N)cc1. The van der Waals surface area contributed by atoms with Crippen molar-refractivity contribution in [2.75, 3.05) is 6.61 Å². The van der Waals surface area contributed by atoms with Crippen LogP contribution in [-0.4, -0.2) is 11.0 Å². The van der Waals surface area contributed by atoms with E-state index in [0.29, 0.717) is 17.4 Å². The second-order valence-corrected chi connectivity index (χ2v) is 4.44. The molecule has 0 aliphatic rings. The Hall–Kier alpha value is -1.05. The number of nitrogens with zero attached hydrogens (tertiary/aromatic N) is 1. The Morgan fingerprint density at radius 3 is 2.67 bits per heavy atom. The van der Waals surface area contributed by atoms with Gasteiger partial charge in [-0.25, -0.2) is 0 Å². The van der Waals surface area contributed by atoms with E-state index in [0.717, 1.165) is 10.5 Å². The molecular weight excluding hydrogens is 226 g/mol. The molecule has 0 aliphatic heterocycles. The third kappa shape index (κ3) is 4.32. The summed E-state index contributed by atoms with van der Waals surface area (Å²) in [6.45, 7) is 2.50. The van der Waals surface area contributed by atoms with Crippen LogP contribution in [0.3, 0.4) is 0 Å². The van der Waals surface area contributed by atoms with Gasteiger partial charge in [0, 0.05) is 4.90 Å². The highest BCUT2D eigenvalue weighted by Crippen LogP contribution is 2.20. The van der Waals surface area contributed by atoms with Crippen LogP contribution in [0.5, 0.6) is 0 Å². The lowest BCUT2D eigenvalue weighted by molar-refractivity contribution is 0.346. The van der Waals surface area contributed by atoms with Gasteiger partial charge in [0.15, 0.2) is 0 Å². The molecule has 0 aromatic heterocycles. The number of nitriles is 1. The quantitative estimate of drug-likeness (QED) is 0.597. The van der Waals surface area contributed by atoms with Crippen molar-refractivity contribution in [2.24, 2.45) is 0 Å². The molecule has 2 nitrogen and oxygen atoms in total. The molecule has 0 atom stereocenters. The highest BCUT2D eigenvalue weighted by atomic mass is 32.2. The molecule has 1 rings (SSSR count). The highest BCUT2D eigenvalue weighted by molar-refractivity contribution is 8.22. The largest absolute Gasteiger partial charge is 0.479 e. The first-order chi connectivity index (χ1) is 7.26. The fourth-order valence-corrected chi connectivity index (χ4v) is 2.06. The summed E-state index contributed by atoms with van der Waals surface area (Å²) in [7, 11) is 0. The predicted molar refractivity (Wildman–Crippen MR) is 65.8 cm³/mol. The number of thiocarbonyl (C=S) groups is 1. The van der Waals surface area contributed by atoms with E-state index in [1.165, 1.54) is 11.8 Å². The monoisotopic (exact) mass is 237 g/mol. The van der Waals surface area contributed by atoms with Crippen LogP contribution in [-0.2, 0) is 11.2 Å². The molecule has 4 heteroatoms. The van der Waals surface area contributed by atoms with Crippen molar-refractivity contribution in [1.82, 2.24) is 0 Å². The zero-order valence-corrected chi connectivity index (χ0v) is 10.0. The molecule has 0 N–H and O–H groups in total. The predicted octanol–water partition coefficient (Wildman–Crippen LogP) is 3.17. The molecule has 1 aromatic rings. The van der Waals surface area contributed by atoms with Gasteiger partial charge in [-0.3, -0.25) is 0 Å². The molecule has 0 radical (unpaired) electrons. The van der Waals surface area contributed by atoms with Gasteiger partial charge >= 0.3 is 0 Å². The van der Waals surface area contributed by atoms with Crippen molar-refractivity contribution in [1.29, 1.82) is 5.26 Å². The fraction of sp³-hybridized carbons (Fsp3) is 0.273. The van der Waals surface area contributed by atoms with Crippen LogP contribution in [0.2, 0.25) is 0 Å². The number of thioether (sulfide) groups is 1. The third-order valence-corrected chi connectivity index (χ3v) is 2.83. The lowest BCUT2D eigenvalue weighted by atomic mass is 10.2. The Morgan fingerprint density at radius 2 is 2.13 bits per heavy atom. The van der Waals surface area contributed by atoms with Crippen molar-refractivity contribution in [3.8, 4) is 6.07 Å². The Labute approximate surface area is 99.2 Å². The van der Waals surface area contributed by atoms with Gasteiger partial charge in [0.05, 0.1) is 19.1 Å². The Morgan fingerprint density at radius 1 is 1.47 bits per heavy atom. The standard InChI is InChI=1S/C11H11NOS2/c1-2-13-11(14)15-10-5-3-9(4-6-10)7-8-12/h3-6H,2,7H2,1H3. The average molecular weight is 237 g/mol. The molecule has 0 unspecified atom stereocenters. The van der Waals surface area contributed by atoms with E-state index in [-0.39, 0.29) is 0 Å². The Bertz CT molecular complexity index is 367. The van der Waals surface area contributed by atoms with E-state index in [1.54, 1.807) is 0 Å². The van der Waals surface area contributed by atoms with Crippen LogP contribution >= 0.6 is 24.0 Å². The molecule has 78 valence electrons. The van der Waals surface area contributed by atoms with Crippen molar-refractivity contribution in [3.05, 3.63) is 29.8 Å². The van der Waals surface area contributed by atoms with E-state index in [4.69, 9.17) is 22.2 Å². The molecule has 0 saturated carbocycles. The van der Waals surface area contributed by atoms with E-state index in [2.05, 4.69) is 6.07 Å². The molecular formula is C11H11NOS2. The van der Waals surface area contributed by atoms with Crippen LogP contribution < -0.4 is 0 Å². The van der Waals surface area contributed by atoms with Crippen molar-refractivity contribution in [3.63, 3.8) is 0 Å². The first-order valence-corrected chi connectivity index (χ1v) is 5.79. The van der Waals surface area contributed by atoms with Gasteiger partial charge in [-0.1, -0.05) is 12.1 Å². The summed E-state index contributed by atoms with van der Waals surface area (Å²) in [5.74, 6) is 0. The number of benzene rings is 1. The van der Waals surface area contributed by atoms with Crippen LogP contribution in [0.1, 0.15) is 12.5 Å². The average Bonchev–Trinajstić information content (AvgIpc) is 2.22.